The molecule has 0 saturated heterocycles. The van der Waals surface area contributed by atoms with Crippen LogP contribution in [-0.2, 0) is 9.53 Å². The highest BCUT2D eigenvalue weighted by atomic mass is 32.2. The summed E-state index contributed by atoms with van der Waals surface area (Å²) in [5.74, 6) is 0.508. The van der Waals surface area contributed by atoms with Gasteiger partial charge in [0.25, 0.3) is 5.69 Å². The monoisotopic (exact) mass is 295 g/mol. The first-order valence-electron chi connectivity index (χ1n) is 6.40. The van der Waals surface area contributed by atoms with Gasteiger partial charge in [-0.1, -0.05) is 6.07 Å². The Morgan fingerprint density at radius 2 is 2.20 bits per heavy atom. The highest BCUT2D eigenvalue weighted by molar-refractivity contribution is 7.99. The number of carbonyl (C=O) groups is 1. The van der Waals surface area contributed by atoms with Crippen LogP contribution < -0.4 is 0 Å². The fourth-order valence-electron chi connectivity index (χ4n) is 2.05. The van der Waals surface area contributed by atoms with Gasteiger partial charge in [0.05, 0.1) is 23.3 Å². The zero-order valence-corrected chi connectivity index (χ0v) is 12.4. The van der Waals surface area contributed by atoms with Gasteiger partial charge in [-0.25, -0.2) is 0 Å². The van der Waals surface area contributed by atoms with Crippen LogP contribution >= 0.6 is 11.8 Å². The first kappa shape index (κ1) is 14.8. The molecule has 0 radical (unpaired) electrons. The minimum Gasteiger partial charge on any atom is -0.469 e. The van der Waals surface area contributed by atoms with Crippen molar-refractivity contribution in [3.8, 4) is 0 Å². The Morgan fingerprint density at radius 3 is 2.75 bits per heavy atom. The molecule has 0 aliphatic heterocycles. The zero-order chi connectivity index (χ0) is 14.8. The number of methoxy groups -OCH3 is 1. The summed E-state index contributed by atoms with van der Waals surface area (Å²) in [5, 5.41) is 11.0. The van der Waals surface area contributed by atoms with Crippen molar-refractivity contribution in [2.24, 2.45) is 5.41 Å². The number of carbonyl (C=O) groups excluding carboxylic acids is 1. The summed E-state index contributed by atoms with van der Waals surface area (Å²) < 4.78 is 4.70. The second-order valence-corrected chi connectivity index (χ2v) is 6.29. The molecule has 0 N–H and O–H groups in total. The van der Waals surface area contributed by atoms with E-state index in [1.165, 1.54) is 24.9 Å². The zero-order valence-electron chi connectivity index (χ0n) is 11.5. The van der Waals surface area contributed by atoms with E-state index < -0.39 is 0 Å². The fourth-order valence-corrected chi connectivity index (χ4v) is 3.46. The molecule has 1 aromatic carbocycles. The standard InChI is InChI=1S/C14H17NO4S/c1-10-3-4-11(15(17)18)12(7-10)20-9-14(5-6-14)8-13(16)19-2/h3-4,7H,5-6,8-9H2,1-2H3. The molecule has 1 aliphatic carbocycles. The number of benzene rings is 1. The highest BCUT2D eigenvalue weighted by Crippen LogP contribution is 2.52. The summed E-state index contributed by atoms with van der Waals surface area (Å²) in [6, 6.07) is 5.11. The van der Waals surface area contributed by atoms with E-state index >= 15 is 0 Å². The Bertz CT molecular complexity index is 540. The van der Waals surface area contributed by atoms with E-state index in [4.69, 9.17) is 4.74 Å². The van der Waals surface area contributed by atoms with Crippen LogP contribution in [0.4, 0.5) is 5.69 Å². The molecule has 0 aromatic heterocycles. The highest BCUT2D eigenvalue weighted by Gasteiger charge is 2.44. The smallest absolute Gasteiger partial charge is 0.306 e. The van der Waals surface area contributed by atoms with Gasteiger partial charge in [0.1, 0.15) is 0 Å². The number of nitro groups is 1. The Hall–Kier alpha value is -1.56. The molecule has 2 rings (SSSR count). The molecule has 0 amide bonds. The molecule has 0 unspecified atom stereocenters. The summed E-state index contributed by atoms with van der Waals surface area (Å²) in [5.41, 5.74) is 1.10. The molecule has 0 spiro atoms. The van der Waals surface area contributed by atoms with Gasteiger partial charge in [0, 0.05) is 11.8 Å². The third-order valence-electron chi connectivity index (χ3n) is 3.55. The van der Waals surface area contributed by atoms with E-state index in [0.29, 0.717) is 17.1 Å². The van der Waals surface area contributed by atoms with Crippen LogP contribution in [0.3, 0.4) is 0 Å². The number of esters is 1. The number of rotatable bonds is 6. The third kappa shape index (κ3) is 3.50. The van der Waals surface area contributed by atoms with Gasteiger partial charge in [0.15, 0.2) is 0 Å². The second kappa shape index (κ2) is 5.83. The summed E-state index contributed by atoms with van der Waals surface area (Å²) in [6.07, 6.45) is 2.36. The first-order valence-corrected chi connectivity index (χ1v) is 7.39. The van der Waals surface area contributed by atoms with Crippen LogP contribution in [0, 0.1) is 22.5 Å². The van der Waals surface area contributed by atoms with Gasteiger partial charge in [-0.2, -0.15) is 0 Å². The third-order valence-corrected chi connectivity index (χ3v) is 4.94. The van der Waals surface area contributed by atoms with Gasteiger partial charge in [-0.3, -0.25) is 14.9 Å². The maximum Gasteiger partial charge on any atom is 0.306 e. The lowest BCUT2D eigenvalue weighted by Gasteiger charge is -2.13. The van der Waals surface area contributed by atoms with E-state index in [1.807, 2.05) is 13.0 Å². The Kier molecular flexibility index (Phi) is 4.32. The summed E-state index contributed by atoms with van der Waals surface area (Å²) in [7, 11) is 1.39. The van der Waals surface area contributed by atoms with Gasteiger partial charge >= 0.3 is 5.97 Å². The minimum absolute atomic E-state index is 0.0324. The van der Waals surface area contributed by atoms with Crippen LogP contribution in [0.5, 0.6) is 0 Å². The lowest BCUT2D eigenvalue weighted by molar-refractivity contribution is -0.387. The summed E-state index contributed by atoms with van der Waals surface area (Å²) in [6.45, 7) is 1.91. The van der Waals surface area contributed by atoms with Crippen LogP contribution in [-0.4, -0.2) is 23.8 Å². The number of nitrogens with zero attached hydrogens (tertiary/aromatic N) is 1. The van der Waals surface area contributed by atoms with Crippen molar-refractivity contribution in [3.63, 3.8) is 0 Å². The van der Waals surface area contributed by atoms with E-state index in [-0.39, 0.29) is 22.0 Å². The topological polar surface area (TPSA) is 69.4 Å². The summed E-state index contributed by atoms with van der Waals surface area (Å²) >= 11 is 1.46. The molecule has 6 heteroatoms. The molecule has 0 heterocycles. The number of hydrogen-bond acceptors (Lipinski definition) is 5. The molecule has 1 aromatic rings. The predicted octanol–water partition coefficient (Wildman–Crippen LogP) is 3.34. The van der Waals surface area contributed by atoms with Crippen LogP contribution in [0.1, 0.15) is 24.8 Å². The molecule has 108 valence electrons. The average Bonchev–Trinajstić information content (AvgIpc) is 3.16. The van der Waals surface area contributed by atoms with Crippen molar-refractivity contribution in [1.82, 2.24) is 0 Å². The predicted molar refractivity (Wildman–Crippen MR) is 76.9 cm³/mol. The van der Waals surface area contributed by atoms with Crippen LogP contribution in [0.15, 0.2) is 23.1 Å². The molecule has 0 bridgehead atoms. The molecule has 1 fully saturated rings. The lowest BCUT2D eigenvalue weighted by atomic mass is 10.1. The average molecular weight is 295 g/mol. The number of hydrogen-bond donors (Lipinski definition) is 0. The van der Waals surface area contributed by atoms with Gasteiger partial charge in [-0.15, -0.1) is 11.8 Å². The number of aryl methyl sites for hydroxylation is 1. The van der Waals surface area contributed by atoms with Gasteiger partial charge in [-0.05, 0) is 36.8 Å². The first-order chi connectivity index (χ1) is 9.46. The summed E-state index contributed by atoms with van der Waals surface area (Å²) in [4.78, 5) is 22.7. The van der Waals surface area contributed by atoms with Crippen LogP contribution in [0.2, 0.25) is 0 Å². The van der Waals surface area contributed by atoms with Crippen molar-refractivity contribution in [2.75, 3.05) is 12.9 Å². The molecule has 20 heavy (non-hydrogen) atoms. The number of nitro benzene ring substituents is 1. The molecule has 5 nitrogen and oxygen atoms in total. The Balaban J connectivity index is 2.06. The molecule has 1 aliphatic rings. The normalized spacial score (nSPS) is 15.7. The van der Waals surface area contributed by atoms with Gasteiger partial charge < -0.3 is 4.74 Å². The van der Waals surface area contributed by atoms with E-state index in [1.54, 1.807) is 6.07 Å². The largest absolute Gasteiger partial charge is 0.469 e. The van der Waals surface area contributed by atoms with Crippen molar-refractivity contribution < 1.29 is 14.5 Å². The maximum absolute atomic E-state index is 11.4. The molecular formula is C14H17NO4S. The van der Waals surface area contributed by atoms with Gasteiger partial charge in [0.2, 0.25) is 0 Å². The van der Waals surface area contributed by atoms with E-state index in [0.717, 1.165) is 18.4 Å². The Labute approximate surface area is 121 Å². The molecule has 0 atom stereocenters. The van der Waals surface area contributed by atoms with Crippen molar-refractivity contribution in [3.05, 3.63) is 33.9 Å². The van der Waals surface area contributed by atoms with E-state index in [2.05, 4.69) is 0 Å². The quantitative estimate of drug-likeness (QED) is 0.348. The fraction of sp³-hybridized carbons (Fsp3) is 0.500. The number of ether oxygens (including phenoxy) is 1. The van der Waals surface area contributed by atoms with E-state index in [9.17, 15) is 14.9 Å². The van der Waals surface area contributed by atoms with Crippen LogP contribution in [0.25, 0.3) is 0 Å². The molecular weight excluding hydrogens is 278 g/mol. The molecule has 1 saturated carbocycles. The number of thioether (sulfide) groups is 1. The SMILES string of the molecule is COC(=O)CC1(CSc2cc(C)ccc2[N+](=O)[O-])CC1. The maximum atomic E-state index is 11.4. The minimum atomic E-state index is -0.359. The second-order valence-electron chi connectivity index (χ2n) is 5.27. The lowest BCUT2D eigenvalue weighted by Crippen LogP contribution is -2.13. The Morgan fingerprint density at radius 1 is 1.50 bits per heavy atom. The van der Waals surface area contributed by atoms with Crippen molar-refractivity contribution >= 4 is 23.4 Å². The van der Waals surface area contributed by atoms with Crippen molar-refractivity contribution in [2.45, 2.75) is 31.1 Å². The van der Waals surface area contributed by atoms with Crippen molar-refractivity contribution in [1.29, 1.82) is 0 Å².